The van der Waals surface area contributed by atoms with Crippen molar-refractivity contribution in [2.45, 2.75) is 11.4 Å². The molecule has 1 rings (SSSR count). The fourth-order valence-electron chi connectivity index (χ4n) is 1.41. The third kappa shape index (κ3) is 5.17. The molecule has 108 valence electrons. The normalized spacial score (nSPS) is 11.6. The summed E-state index contributed by atoms with van der Waals surface area (Å²) in [6.07, 6.45) is 0. The van der Waals surface area contributed by atoms with Crippen molar-refractivity contribution in [2.24, 2.45) is 4.99 Å². The maximum Gasteiger partial charge on any atom is 0.240 e. The highest BCUT2D eigenvalue weighted by Crippen LogP contribution is 2.10. The summed E-state index contributed by atoms with van der Waals surface area (Å²) in [5.74, 6) is 0.650. The Morgan fingerprint density at radius 1 is 1.32 bits per heavy atom. The number of sulfonamides is 1. The smallest absolute Gasteiger partial charge is 0.240 e. The van der Waals surface area contributed by atoms with Crippen LogP contribution in [-0.2, 0) is 16.6 Å². The van der Waals surface area contributed by atoms with Crippen LogP contribution in [0.15, 0.2) is 34.2 Å². The van der Waals surface area contributed by atoms with Crippen LogP contribution in [0.4, 0.5) is 0 Å². The van der Waals surface area contributed by atoms with E-state index in [-0.39, 0.29) is 21.9 Å². The molecule has 1 aromatic rings. The van der Waals surface area contributed by atoms with Gasteiger partial charge in [0, 0.05) is 20.6 Å². The zero-order valence-electron chi connectivity index (χ0n) is 11.1. The van der Waals surface area contributed by atoms with Crippen LogP contribution < -0.4 is 15.4 Å². The minimum absolute atomic E-state index is 0. The number of hydrogen-bond donors (Lipinski definition) is 3. The van der Waals surface area contributed by atoms with E-state index in [4.69, 9.17) is 0 Å². The summed E-state index contributed by atoms with van der Waals surface area (Å²) in [5, 5.41) is 5.94. The van der Waals surface area contributed by atoms with Crippen LogP contribution in [0, 0.1) is 0 Å². The Bertz CT molecular complexity index is 531. The van der Waals surface area contributed by atoms with Crippen molar-refractivity contribution in [3.8, 4) is 0 Å². The first-order valence-corrected chi connectivity index (χ1v) is 6.92. The average molecular weight is 351 g/mol. The number of nitrogens with zero attached hydrogens (tertiary/aromatic N) is 1. The minimum atomic E-state index is -3.39. The Balaban J connectivity index is 0.00000324. The summed E-state index contributed by atoms with van der Waals surface area (Å²) in [4.78, 5) is 4.23. The molecular formula is C11H19BrN4O2S. The molecule has 8 heteroatoms. The van der Waals surface area contributed by atoms with Gasteiger partial charge in [-0.25, -0.2) is 13.1 Å². The average Bonchev–Trinajstić information content (AvgIpc) is 2.40. The Morgan fingerprint density at radius 2 is 2.00 bits per heavy atom. The monoisotopic (exact) mass is 350 g/mol. The van der Waals surface area contributed by atoms with Crippen LogP contribution in [-0.4, -0.2) is 35.5 Å². The second-order valence-corrected chi connectivity index (χ2v) is 5.42. The number of halogens is 1. The lowest BCUT2D eigenvalue weighted by atomic mass is 10.2. The lowest BCUT2D eigenvalue weighted by Crippen LogP contribution is -2.34. The SMILES string of the molecule is Br.CN=C(NC)NCc1cccc(S(=O)(=O)NC)c1. The van der Waals surface area contributed by atoms with Crippen LogP contribution in [0.5, 0.6) is 0 Å². The zero-order chi connectivity index (χ0) is 13.6. The van der Waals surface area contributed by atoms with Gasteiger partial charge in [-0.2, -0.15) is 0 Å². The number of guanidine groups is 1. The number of rotatable bonds is 4. The van der Waals surface area contributed by atoms with Crippen molar-refractivity contribution in [3.63, 3.8) is 0 Å². The fourth-order valence-corrected chi connectivity index (χ4v) is 2.21. The topological polar surface area (TPSA) is 82.6 Å². The summed E-state index contributed by atoms with van der Waals surface area (Å²) in [6, 6.07) is 6.75. The first-order chi connectivity index (χ1) is 8.53. The molecule has 0 radical (unpaired) electrons. The third-order valence-corrected chi connectivity index (χ3v) is 3.81. The molecule has 0 amide bonds. The van der Waals surface area contributed by atoms with Crippen LogP contribution in [0.2, 0.25) is 0 Å². The molecule has 19 heavy (non-hydrogen) atoms. The Kier molecular flexibility index (Phi) is 7.65. The van der Waals surface area contributed by atoms with Gasteiger partial charge in [0.15, 0.2) is 5.96 Å². The molecule has 6 nitrogen and oxygen atoms in total. The van der Waals surface area contributed by atoms with Crippen LogP contribution in [0.3, 0.4) is 0 Å². The third-order valence-electron chi connectivity index (χ3n) is 2.40. The molecule has 3 N–H and O–H groups in total. The number of hydrogen-bond acceptors (Lipinski definition) is 3. The number of nitrogens with one attached hydrogen (secondary N) is 3. The van der Waals surface area contributed by atoms with Crippen molar-refractivity contribution < 1.29 is 8.42 Å². The summed E-state index contributed by atoms with van der Waals surface area (Å²) in [6.45, 7) is 0.501. The molecule has 0 aliphatic heterocycles. The lowest BCUT2D eigenvalue weighted by Gasteiger charge is -2.09. The van der Waals surface area contributed by atoms with E-state index in [2.05, 4.69) is 20.3 Å². The Hall–Kier alpha value is -1.12. The predicted molar refractivity (Wildman–Crippen MR) is 82.3 cm³/mol. The van der Waals surface area contributed by atoms with Gasteiger partial charge in [-0.3, -0.25) is 4.99 Å². The second kappa shape index (κ2) is 8.13. The van der Waals surface area contributed by atoms with Crippen molar-refractivity contribution in [2.75, 3.05) is 21.1 Å². The van der Waals surface area contributed by atoms with E-state index in [0.29, 0.717) is 12.5 Å². The van der Waals surface area contributed by atoms with Gasteiger partial charge in [0.2, 0.25) is 10.0 Å². The van der Waals surface area contributed by atoms with Gasteiger partial charge in [-0.05, 0) is 24.7 Å². The van der Waals surface area contributed by atoms with Gasteiger partial charge >= 0.3 is 0 Å². The molecule has 0 fully saturated rings. The van der Waals surface area contributed by atoms with Gasteiger partial charge in [0.25, 0.3) is 0 Å². The summed E-state index contributed by atoms with van der Waals surface area (Å²) in [5.41, 5.74) is 0.864. The van der Waals surface area contributed by atoms with E-state index in [0.717, 1.165) is 5.56 Å². The van der Waals surface area contributed by atoms with E-state index in [1.54, 1.807) is 32.3 Å². The fraction of sp³-hybridized carbons (Fsp3) is 0.364. The highest BCUT2D eigenvalue weighted by Gasteiger charge is 2.11. The van der Waals surface area contributed by atoms with Gasteiger partial charge < -0.3 is 10.6 Å². The first-order valence-electron chi connectivity index (χ1n) is 5.44. The van der Waals surface area contributed by atoms with E-state index in [1.165, 1.54) is 7.05 Å². The maximum atomic E-state index is 11.6. The molecule has 0 atom stereocenters. The van der Waals surface area contributed by atoms with E-state index in [1.807, 2.05) is 6.07 Å². The molecule has 1 aromatic carbocycles. The van der Waals surface area contributed by atoms with E-state index in [9.17, 15) is 8.42 Å². The molecule has 0 aliphatic rings. The maximum absolute atomic E-state index is 11.6. The Morgan fingerprint density at radius 3 is 2.53 bits per heavy atom. The van der Waals surface area contributed by atoms with Crippen LogP contribution >= 0.6 is 17.0 Å². The van der Waals surface area contributed by atoms with E-state index < -0.39 is 10.0 Å². The number of benzene rings is 1. The van der Waals surface area contributed by atoms with Gasteiger partial charge in [-0.15, -0.1) is 17.0 Å². The molecule has 0 spiro atoms. The molecule has 0 saturated carbocycles. The second-order valence-electron chi connectivity index (χ2n) is 3.53. The van der Waals surface area contributed by atoms with Crippen LogP contribution in [0.25, 0.3) is 0 Å². The van der Waals surface area contributed by atoms with E-state index >= 15 is 0 Å². The minimum Gasteiger partial charge on any atom is -0.359 e. The van der Waals surface area contributed by atoms with Gasteiger partial charge in [0.1, 0.15) is 0 Å². The lowest BCUT2D eigenvalue weighted by molar-refractivity contribution is 0.588. The standard InChI is InChI=1S/C11H18N4O2S.BrH/c1-12-11(13-2)15-8-9-5-4-6-10(7-9)18(16,17)14-3;/h4-7,14H,8H2,1-3H3,(H2,12,13,15);1H. The molecule has 0 unspecified atom stereocenters. The predicted octanol–water partition coefficient (Wildman–Crippen LogP) is 0.467. The molecule has 0 saturated heterocycles. The summed E-state index contributed by atoms with van der Waals surface area (Å²) in [7, 11) is 1.43. The molecule has 0 aliphatic carbocycles. The molecule has 0 heterocycles. The number of aliphatic imine (C=N–C) groups is 1. The Labute approximate surface area is 124 Å². The first kappa shape index (κ1) is 17.9. The summed E-state index contributed by atoms with van der Waals surface area (Å²) >= 11 is 0. The highest BCUT2D eigenvalue weighted by molar-refractivity contribution is 8.93. The quantitative estimate of drug-likeness (QED) is 0.544. The van der Waals surface area contributed by atoms with Crippen LogP contribution in [0.1, 0.15) is 5.56 Å². The molecule has 0 aromatic heterocycles. The molecular weight excluding hydrogens is 332 g/mol. The van der Waals surface area contributed by atoms with Crippen molar-refractivity contribution >= 4 is 33.0 Å². The van der Waals surface area contributed by atoms with Gasteiger partial charge in [-0.1, -0.05) is 12.1 Å². The van der Waals surface area contributed by atoms with Crippen molar-refractivity contribution in [1.82, 2.24) is 15.4 Å². The highest BCUT2D eigenvalue weighted by atomic mass is 79.9. The zero-order valence-corrected chi connectivity index (χ0v) is 13.6. The summed E-state index contributed by atoms with van der Waals surface area (Å²) < 4.78 is 25.6. The largest absolute Gasteiger partial charge is 0.359 e. The van der Waals surface area contributed by atoms with Crippen molar-refractivity contribution in [1.29, 1.82) is 0 Å². The van der Waals surface area contributed by atoms with Crippen molar-refractivity contribution in [3.05, 3.63) is 29.8 Å². The molecule has 0 bridgehead atoms. The van der Waals surface area contributed by atoms with Gasteiger partial charge in [0.05, 0.1) is 4.90 Å².